The second kappa shape index (κ2) is 8.34. The van der Waals surface area contributed by atoms with E-state index in [-0.39, 0.29) is 5.91 Å². The quantitative estimate of drug-likeness (QED) is 0.594. The zero-order valence-electron chi connectivity index (χ0n) is 19.8. The molecule has 174 valence electrons. The average Bonchev–Trinajstić information content (AvgIpc) is 3.35. The highest BCUT2D eigenvalue weighted by Gasteiger charge is 2.34. The van der Waals surface area contributed by atoms with Crippen LogP contribution in [-0.2, 0) is 23.1 Å². The minimum absolute atomic E-state index is 0.203. The molecule has 0 spiro atoms. The Morgan fingerprint density at radius 2 is 2.03 bits per heavy atom. The second-order valence-corrected chi connectivity index (χ2v) is 9.21. The van der Waals surface area contributed by atoms with Crippen LogP contribution in [0.25, 0.3) is 11.3 Å². The van der Waals surface area contributed by atoms with E-state index in [2.05, 4.69) is 20.4 Å². The van der Waals surface area contributed by atoms with E-state index >= 15 is 0 Å². The molecule has 10 heteroatoms. The van der Waals surface area contributed by atoms with Crippen LogP contribution in [0.1, 0.15) is 43.7 Å². The molecule has 4 rings (SSSR count). The van der Waals surface area contributed by atoms with E-state index in [0.29, 0.717) is 24.7 Å². The minimum Gasteiger partial charge on any atom is -0.458 e. The number of carbonyl (C=O) groups excluding carboxylic acids is 2. The number of aromatic nitrogens is 5. The third-order valence-corrected chi connectivity index (χ3v) is 5.48. The summed E-state index contributed by atoms with van der Waals surface area (Å²) in [5, 5.41) is 7.29. The maximum atomic E-state index is 13.2. The Bertz CT molecular complexity index is 1210. The van der Waals surface area contributed by atoms with Crippen molar-refractivity contribution in [3.05, 3.63) is 42.0 Å². The van der Waals surface area contributed by atoms with Gasteiger partial charge in [-0.3, -0.25) is 9.48 Å². The summed E-state index contributed by atoms with van der Waals surface area (Å²) >= 11 is 0. The molecule has 0 saturated heterocycles. The number of nitrogens with zero attached hydrogens (tertiary/aromatic N) is 6. The molecular formula is C23H29N7O3. The topological polar surface area (TPSA) is 107 Å². The number of nitrogens with one attached hydrogen (secondary N) is 1. The molecule has 0 radical (unpaired) electrons. The fourth-order valence-electron chi connectivity index (χ4n) is 3.76. The zero-order chi connectivity index (χ0) is 23.9. The molecule has 1 amide bonds. The molecule has 0 aromatic carbocycles. The second-order valence-electron chi connectivity index (χ2n) is 9.21. The maximum absolute atomic E-state index is 13.2. The Balaban J connectivity index is 1.59. The summed E-state index contributed by atoms with van der Waals surface area (Å²) in [6.07, 6.45) is 5.36. The highest BCUT2D eigenvalue weighted by molar-refractivity contribution is 5.97. The molecule has 1 N–H and O–H groups in total. The molecule has 0 aliphatic carbocycles. The molecule has 1 aliphatic rings. The van der Waals surface area contributed by atoms with Gasteiger partial charge < -0.3 is 19.5 Å². The number of fused-ring (bicyclic) bond motifs is 1. The lowest BCUT2D eigenvalue weighted by Crippen LogP contribution is -2.49. The third-order valence-electron chi connectivity index (χ3n) is 5.48. The zero-order valence-corrected chi connectivity index (χ0v) is 19.8. The molecule has 1 aliphatic heterocycles. The summed E-state index contributed by atoms with van der Waals surface area (Å²) in [7, 11) is 1.83. The number of esters is 1. The van der Waals surface area contributed by atoms with Crippen molar-refractivity contribution in [1.29, 1.82) is 0 Å². The van der Waals surface area contributed by atoms with Crippen molar-refractivity contribution in [3.63, 3.8) is 0 Å². The van der Waals surface area contributed by atoms with Gasteiger partial charge in [0.15, 0.2) is 0 Å². The van der Waals surface area contributed by atoms with Crippen LogP contribution in [0.4, 0.5) is 11.8 Å². The first-order valence-electron chi connectivity index (χ1n) is 10.9. The Morgan fingerprint density at radius 1 is 1.27 bits per heavy atom. The van der Waals surface area contributed by atoms with Gasteiger partial charge >= 0.3 is 5.97 Å². The molecule has 10 nitrogen and oxygen atoms in total. The van der Waals surface area contributed by atoms with Crippen molar-refractivity contribution >= 4 is 23.6 Å². The standard InChI is InChI=1S/C23H29N7O3/c1-14-12-24-22(26-18-7-8-25-28(18)6)27-19(14)16-11-17-20(31)30(10-9-29(17)13-16)15(2)21(32)33-23(3,4)5/h7-8,11-13,15H,9-10H2,1-6H3,(H,24,26,27). The van der Waals surface area contributed by atoms with E-state index in [1.165, 1.54) is 0 Å². The van der Waals surface area contributed by atoms with Crippen molar-refractivity contribution in [1.82, 2.24) is 29.2 Å². The van der Waals surface area contributed by atoms with Crippen molar-refractivity contribution in [3.8, 4) is 11.3 Å². The SMILES string of the molecule is Cc1cnc(Nc2ccnn2C)nc1-c1cc2n(c1)CCN(C(C)C(=O)OC(C)(C)C)C2=O. The van der Waals surface area contributed by atoms with Gasteiger partial charge in [0.1, 0.15) is 23.2 Å². The lowest BCUT2D eigenvalue weighted by molar-refractivity contribution is -0.160. The van der Waals surface area contributed by atoms with Crippen LogP contribution in [0.2, 0.25) is 0 Å². The molecular weight excluding hydrogens is 422 g/mol. The molecule has 0 fully saturated rings. The first-order chi connectivity index (χ1) is 15.5. The van der Waals surface area contributed by atoms with Crippen LogP contribution < -0.4 is 5.32 Å². The van der Waals surface area contributed by atoms with Crippen molar-refractivity contribution in [2.24, 2.45) is 7.05 Å². The van der Waals surface area contributed by atoms with Crippen LogP contribution in [0.3, 0.4) is 0 Å². The van der Waals surface area contributed by atoms with Gasteiger partial charge in [-0.2, -0.15) is 5.10 Å². The van der Waals surface area contributed by atoms with Gasteiger partial charge in [-0.05, 0) is 46.2 Å². The number of ether oxygens (including phenoxy) is 1. The highest BCUT2D eigenvalue weighted by Crippen LogP contribution is 2.28. The highest BCUT2D eigenvalue weighted by atomic mass is 16.6. The van der Waals surface area contributed by atoms with Crippen molar-refractivity contribution in [2.45, 2.75) is 52.8 Å². The van der Waals surface area contributed by atoms with E-state index in [1.54, 1.807) is 28.9 Å². The molecule has 3 aromatic heterocycles. The molecule has 0 bridgehead atoms. The van der Waals surface area contributed by atoms with Gasteiger partial charge in [0.25, 0.3) is 5.91 Å². The predicted octanol–water partition coefficient (Wildman–Crippen LogP) is 2.92. The summed E-state index contributed by atoms with van der Waals surface area (Å²) in [5.41, 5.74) is 2.35. The lowest BCUT2D eigenvalue weighted by atomic mass is 10.1. The molecule has 33 heavy (non-hydrogen) atoms. The number of carbonyl (C=O) groups is 2. The fourth-order valence-corrected chi connectivity index (χ4v) is 3.76. The molecule has 1 unspecified atom stereocenters. The first kappa shape index (κ1) is 22.5. The average molecular weight is 452 g/mol. The van der Waals surface area contributed by atoms with E-state index in [4.69, 9.17) is 4.74 Å². The van der Waals surface area contributed by atoms with E-state index < -0.39 is 17.6 Å². The summed E-state index contributed by atoms with van der Waals surface area (Å²) < 4.78 is 9.08. The van der Waals surface area contributed by atoms with Crippen molar-refractivity contribution < 1.29 is 14.3 Å². The Hall–Kier alpha value is -3.69. The largest absolute Gasteiger partial charge is 0.458 e. The summed E-state index contributed by atoms with van der Waals surface area (Å²) in [5.74, 6) is 0.595. The molecule has 4 heterocycles. The Labute approximate surface area is 192 Å². The monoisotopic (exact) mass is 451 g/mol. The van der Waals surface area contributed by atoms with Gasteiger partial charge in [0, 0.05) is 44.2 Å². The van der Waals surface area contributed by atoms with E-state index in [1.807, 2.05) is 57.6 Å². The number of aryl methyl sites for hydroxylation is 2. The van der Waals surface area contributed by atoms with Gasteiger partial charge in [0.2, 0.25) is 5.95 Å². The minimum atomic E-state index is -0.667. The predicted molar refractivity (Wildman–Crippen MR) is 123 cm³/mol. The van der Waals surface area contributed by atoms with Crippen LogP contribution in [0.5, 0.6) is 0 Å². The van der Waals surface area contributed by atoms with Gasteiger partial charge in [-0.1, -0.05) is 0 Å². The maximum Gasteiger partial charge on any atom is 0.329 e. The number of hydrogen-bond acceptors (Lipinski definition) is 7. The smallest absolute Gasteiger partial charge is 0.329 e. The first-order valence-corrected chi connectivity index (χ1v) is 10.9. The third kappa shape index (κ3) is 4.59. The lowest BCUT2D eigenvalue weighted by Gasteiger charge is -2.33. The van der Waals surface area contributed by atoms with Gasteiger partial charge in [-0.25, -0.2) is 14.8 Å². The summed E-state index contributed by atoms with van der Waals surface area (Å²) in [6, 6.07) is 2.98. The Kier molecular flexibility index (Phi) is 5.69. The van der Waals surface area contributed by atoms with Crippen LogP contribution in [0, 0.1) is 6.92 Å². The number of anilines is 2. The Morgan fingerprint density at radius 3 is 2.70 bits per heavy atom. The summed E-state index contributed by atoms with van der Waals surface area (Å²) in [6.45, 7) is 10.1. The van der Waals surface area contributed by atoms with Crippen LogP contribution in [0.15, 0.2) is 30.7 Å². The number of hydrogen-bond donors (Lipinski definition) is 1. The van der Waals surface area contributed by atoms with Crippen LogP contribution >= 0.6 is 0 Å². The fraction of sp³-hybridized carbons (Fsp3) is 0.435. The van der Waals surface area contributed by atoms with E-state index in [0.717, 1.165) is 22.6 Å². The number of amides is 1. The molecule has 1 atom stereocenters. The van der Waals surface area contributed by atoms with Gasteiger partial charge in [0.05, 0.1) is 11.9 Å². The molecule has 0 saturated carbocycles. The normalized spacial score (nSPS) is 14.7. The van der Waals surface area contributed by atoms with Crippen LogP contribution in [-0.4, -0.2) is 59.3 Å². The molecule has 3 aromatic rings. The van der Waals surface area contributed by atoms with Gasteiger partial charge in [-0.15, -0.1) is 0 Å². The number of rotatable bonds is 5. The van der Waals surface area contributed by atoms with E-state index in [9.17, 15) is 9.59 Å². The summed E-state index contributed by atoms with van der Waals surface area (Å²) in [4.78, 5) is 36.3. The van der Waals surface area contributed by atoms with Crippen molar-refractivity contribution in [2.75, 3.05) is 11.9 Å².